The summed E-state index contributed by atoms with van der Waals surface area (Å²) in [7, 11) is 1.70. The van der Waals surface area contributed by atoms with Gasteiger partial charge in [0.15, 0.2) is 5.84 Å². The number of methoxy groups -OCH3 is 1. The molecule has 0 saturated heterocycles. The van der Waals surface area contributed by atoms with Crippen LogP contribution in [-0.2, 0) is 11.3 Å². The summed E-state index contributed by atoms with van der Waals surface area (Å²) in [6.07, 6.45) is 0. The van der Waals surface area contributed by atoms with Crippen molar-refractivity contribution in [3.05, 3.63) is 34.3 Å². The number of amidine groups is 1. The number of oxime groups is 1. The van der Waals surface area contributed by atoms with E-state index in [4.69, 9.17) is 27.3 Å². The van der Waals surface area contributed by atoms with Crippen molar-refractivity contribution in [2.75, 3.05) is 26.8 Å². The van der Waals surface area contributed by atoms with Crippen molar-refractivity contribution < 1.29 is 9.94 Å². The quantitative estimate of drug-likeness (QED) is 0.335. The fourth-order valence-corrected chi connectivity index (χ4v) is 2.35. The summed E-state index contributed by atoms with van der Waals surface area (Å²) in [5, 5.41) is 12.3. The zero-order valence-corrected chi connectivity index (χ0v) is 13.6. The smallest absolute Gasteiger partial charge is 0.170 e. The Balaban J connectivity index is 2.83. The number of hydrogen-bond acceptors (Lipinski definition) is 4. The first-order chi connectivity index (χ1) is 9.97. The highest BCUT2D eigenvalue weighted by Gasteiger charge is 2.11. The predicted molar refractivity (Wildman–Crippen MR) is 86.0 cm³/mol. The van der Waals surface area contributed by atoms with Crippen LogP contribution in [0.4, 0.5) is 0 Å². The largest absolute Gasteiger partial charge is 0.409 e. The summed E-state index contributed by atoms with van der Waals surface area (Å²) in [6, 6.07) is 5.44. The first-order valence-electron chi connectivity index (χ1n) is 6.95. The molecule has 1 rings (SSSR count). The number of nitrogens with two attached hydrogens (primary N) is 1. The number of nitrogens with zero attached hydrogens (tertiary/aromatic N) is 2. The highest BCUT2D eigenvalue weighted by molar-refractivity contribution is 6.31. The number of benzene rings is 1. The predicted octanol–water partition coefficient (Wildman–Crippen LogP) is 2.54. The van der Waals surface area contributed by atoms with Crippen molar-refractivity contribution in [3.63, 3.8) is 0 Å². The van der Waals surface area contributed by atoms with Gasteiger partial charge in [-0.1, -0.05) is 42.7 Å². The molecule has 5 nitrogen and oxygen atoms in total. The standard InChI is InChI=1S/C15H24ClN3O2/c1-11(2)9-19(6-7-21-3)10-13-5-4-12(8-14(13)16)15(17)18-20/h4-5,8,11,20H,6-7,9-10H2,1-3H3,(H2,17,18). The Labute approximate surface area is 131 Å². The molecule has 0 aliphatic heterocycles. The Hall–Kier alpha value is -1.30. The summed E-state index contributed by atoms with van der Waals surface area (Å²) in [4.78, 5) is 2.30. The van der Waals surface area contributed by atoms with E-state index in [0.29, 0.717) is 23.1 Å². The average molecular weight is 314 g/mol. The average Bonchev–Trinajstić information content (AvgIpc) is 2.45. The first kappa shape index (κ1) is 17.8. The molecule has 6 heteroatoms. The summed E-state index contributed by atoms with van der Waals surface area (Å²) in [5.74, 6) is 0.624. The molecule has 0 aromatic heterocycles. The Kier molecular flexibility index (Phi) is 7.50. The summed E-state index contributed by atoms with van der Waals surface area (Å²) >= 11 is 6.30. The highest BCUT2D eigenvalue weighted by Crippen LogP contribution is 2.20. The van der Waals surface area contributed by atoms with Gasteiger partial charge in [0, 0.05) is 37.3 Å². The minimum Gasteiger partial charge on any atom is -0.409 e. The van der Waals surface area contributed by atoms with Gasteiger partial charge in [-0.05, 0) is 17.5 Å². The van der Waals surface area contributed by atoms with Gasteiger partial charge in [0.2, 0.25) is 0 Å². The molecule has 1 aromatic carbocycles. The molecular formula is C15H24ClN3O2. The van der Waals surface area contributed by atoms with Gasteiger partial charge < -0.3 is 15.7 Å². The molecule has 3 N–H and O–H groups in total. The minimum absolute atomic E-state index is 0.0573. The molecule has 0 fully saturated rings. The lowest BCUT2D eigenvalue weighted by molar-refractivity contribution is 0.136. The van der Waals surface area contributed by atoms with E-state index < -0.39 is 0 Å². The molecular weight excluding hydrogens is 290 g/mol. The maximum Gasteiger partial charge on any atom is 0.170 e. The van der Waals surface area contributed by atoms with Gasteiger partial charge in [0.05, 0.1) is 6.61 Å². The van der Waals surface area contributed by atoms with Crippen LogP contribution in [0.2, 0.25) is 5.02 Å². The fraction of sp³-hybridized carbons (Fsp3) is 0.533. The minimum atomic E-state index is 0.0573. The lowest BCUT2D eigenvalue weighted by atomic mass is 10.1. The van der Waals surface area contributed by atoms with Crippen LogP contribution in [0.25, 0.3) is 0 Å². The summed E-state index contributed by atoms with van der Waals surface area (Å²) in [5.41, 5.74) is 7.19. The molecule has 0 heterocycles. The molecule has 0 bridgehead atoms. The van der Waals surface area contributed by atoms with Gasteiger partial charge in [-0.25, -0.2) is 0 Å². The maximum absolute atomic E-state index is 8.69. The van der Waals surface area contributed by atoms with Gasteiger partial charge in [-0.3, -0.25) is 4.90 Å². The second-order valence-corrected chi connectivity index (χ2v) is 5.82. The maximum atomic E-state index is 8.69. The van der Waals surface area contributed by atoms with E-state index in [0.717, 1.165) is 25.2 Å². The van der Waals surface area contributed by atoms with Crippen LogP contribution < -0.4 is 5.73 Å². The van der Waals surface area contributed by atoms with Crippen LogP contribution in [0.1, 0.15) is 25.0 Å². The van der Waals surface area contributed by atoms with E-state index in [1.54, 1.807) is 19.2 Å². The molecule has 0 saturated carbocycles. The van der Waals surface area contributed by atoms with E-state index >= 15 is 0 Å². The molecule has 0 atom stereocenters. The molecule has 0 spiro atoms. The van der Waals surface area contributed by atoms with Gasteiger partial charge in [0.25, 0.3) is 0 Å². The van der Waals surface area contributed by atoms with E-state index in [9.17, 15) is 0 Å². The topological polar surface area (TPSA) is 71.1 Å². The monoisotopic (exact) mass is 313 g/mol. The van der Waals surface area contributed by atoms with E-state index in [1.165, 1.54) is 0 Å². The zero-order chi connectivity index (χ0) is 15.8. The Bertz CT molecular complexity index is 478. The van der Waals surface area contributed by atoms with E-state index in [-0.39, 0.29) is 5.84 Å². The van der Waals surface area contributed by atoms with Crippen LogP contribution in [0.15, 0.2) is 23.4 Å². The second-order valence-electron chi connectivity index (χ2n) is 5.41. The molecule has 0 aliphatic rings. The number of rotatable bonds is 8. The molecule has 0 amide bonds. The van der Waals surface area contributed by atoms with Crippen molar-refractivity contribution in [1.82, 2.24) is 4.90 Å². The van der Waals surface area contributed by atoms with Crippen LogP contribution in [-0.4, -0.2) is 42.7 Å². The van der Waals surface area contributed by atoms with E-state index in [2.05, 4.69) is 23.9 Å². The van der Waals surface area contributed by atoms with Crippen molar-refractivity contribution in [2.45, 2.75) is 20.4 Å². The zero-order valence-electron chi connectivity index (χ0n) is 12.8. The first-order valence-corrected chi connectivity index (χ1v) is 7.33. The van der Waals surface area contributed by atoms with Gasteiger partial charge >= 0.3 is 0 Å². The van der Waals surface area contributed by atoms with Gasteiger partial charge in [-0.2, -0.15) is 0 Å². The Morgan fingerprint density at radius 3 is 2.71 bits per heavy atom. The molecule has 0 unspecified atom stereocenters. The van der Waals surface area contributed by atoms with Crippen LogP contribution in [0.3, 0.4) is 0 Å². The van der Waals surface area contributed by atoms with Gasteiger partial charge in [-0.15, -0.1) is 0 Å². The van der Waals surface area contributed by atoms with Crippen LogP contribution in [0, 0.1) is 5.92 Å². The van der Waals surface area contributed by atoms with Gasteiger partial charge in [0.1, 0.15) is 0 Å². The molecule has 1 aromatic rings. The molecule has 21 heavy (non-hydrogen) atoms. The van der Waals surface area contributed by atoms with Crippen molar-refractivity contribution >= 4 is 17.4 Å². The Morgan fingerprint density at radius 1 is 1.48 bits per heavy atom. The third kappa shape index (κ3) is 5.91. The molecule has 0 radical (unpaired) electrons. The second kappa shape index (κ2) is 8.87. The summed E-state index contributed by atoms with van der Waals surface area (Å²) < 4.78 is 5.15. The SMILES string of the molecule is COCCN(Cc1ccc(/C(N)=N/O)cc1Cl)CC(C)C. The Morgan fingerprint density at radius 2 is 2.19 bits per heavy atom. The molecule has 0 aliphatic carbocycles. The lowest BCUT2D eigenvalue weighted by Crippen LogP contribution is -2.30. The van der Waals surface area contributed by atoms with Crippen molar-refractivity contribution in [3.8, 4) is 0 Å². The third-order valence-electron chi connectivity index (χ3n) is 3.09. The third-order valence-corrected chi connectivity index (χ3v) is 3.44. The molecule has 118 valence electrons. The van der Waals surface area contributed by atoms with Crippen LogP contribution >= 0.6 is 11.6 Å². The van der Waals surface area contributed by atoms with E-state index in [1.807, 2.05) is 6.07 Å². The highest BCUT2D eigenvalue weighted by atomic mass is 35.5. The van der Waals surface area contributed by atoms with Crippen molar-refractivity contribution in [1.29, 1.82) is 0 Å². The van der Waals surface area contributed by atoms with Crippen molar-refractivity contribution in [2.24, 2.45) is 16.8 Å². The van der Waals surface area contributed by atoms with Crippen LogP contribution in [0.5, 0.6) is 0 Å². The lowest BCUT2D eigenvalue weighted by Gasteiger charge is -2.24. The number of ether oxygens (including phenoxy) is 1. The number of hydrogen-bond donors (Lipinski definition) is 2. The normalized spacial score (nSPS) is 12.4. The number of halogens is 1. The summed E-state index contributed by atoms with van der Waals surface area (Å²) in [6.45, 7) is 7.63. The fourth-order valence-electron chi connectivity index (χ4n) is 2.11.